The van der Waals surface area contributed by atoms with E-state index in [-0.39, 0.29) is 11.1 Å². The van der Waals surface area contributed by atoms with Crippen LogP contribution in [0.25, 0.3) is 0 Å². The van der Waals surface area contributed by atoms with Gasteiger partial charge in [0, 0.05) is 5.69 Å². The van der Waals surface area contributed by atoms with Gasteiger partial charge in [-0.3, -0.25) is 0 Å². The van der Waals surface area contributed by atoms with E-state index in [1.54, 1.807) is 12.1 Å². The van der Waals surface area contributed by atoms with Crippen molar-refractivity contribution in [3.8, 4) is 0 Å². The summed E-state index contributed by atoms with van der Waals surface area (Å²) in [6.07, 6.45) is 0. The molecule has 1 N–H and O–H groups in total. The van der Waals surface area contributed by atoms with Crippen LogP contribution in [-0.2, 0) is 9.47 Å². The van der Waals surface area contributed by atoms with Crippen LogP contribution in [0.2, 0.25) is 5.02 Å². The lowest BCUT2D eigenvalue weighted by Crippen LogP contribution is -2.45. The molecule has 1 aliphatic heterocycles. The van der Waals surface area contributed by atoms with Gasteiger partial charge in [0.15, 0.2) is 5.79 Å². The average Bonchev–Trinajstić information content (AvgIpc) is 2.27. The van der Waals surface area contributed by atoms with E-state index in [9.17, 15) is 4.39 Å². The van der Waals surface area contributed by atoms with Gasteiger partial charge in [0.05, 0.1) is 24.3 Å². The molecule has 3 nitrogen and oxygen atoms in total. The number of nitrogens with one attached hydrogen (secondary N) is 1. The standard InChI is InChI=1S/C12H15ClFNO2/c1-12(2)16-6-9(7-17-12)15-8-3-4-11(14)10(13)5-8/h3-5,9,15H,6-7H2,1-2H3. The lowest BCUT2D eigenvalue weighted by Gasteiger charge is -2.35. The lowest BCUT2D eigenvalue weighted by molar-refractivity contribution is -0.247. The number of anilines is 1. The summed E-state index contributed by atoms with van der Waals surface area (Å²) >= 11 is 5.70. The summed E-state index contributed by atoms with van der Waals surface area (Å²) in [5.74, 6) is -0.951. The largest absolute Gasteiger partial charge is 0.378 e. The van der Waals surface area contributed by atoms with Gasteiger partial charge in [-0.2, -0.15) is 0 Å². The molecule has 0 unspecified atom stereocenters. The first kappa shape index (κ1) is 12.6. The topological polar surface area (TPSA) is 30.5 Å². The van der Waals surface area contributed by atoms with E-state index >= 15 is 0 Å². The molecule has 1 aromatic carbocycles. The Morgan fingerprint density at radius 2 is 2.00 bits per heavy atom. The Morgan fingerprint density at radius 1 is 1.35 bits per heavy atom. The van der Waals surface area contributed by atoms with Gasteiger partial charge in [-0.25, -0.2) is 4.39 Å². The molecule has 0 amide bonds. The highest BCUT2D eigenvalue weighted by Crippen LogP contribution is 2.22. The van der Waals surface area contributed by atoms with Crippen molar-refractivity contribution in [1.82, 2.24) is 0 Å². The molecule has 94 valence electrons. The highest BCUT2D eigenvalue weighted by atomic mass is 35.5. The highest BCUT2D eigenvalue weighted by molar-refractivity contribution is 6.31. The Morgan fingerprint density at radius 3 is 2.59 bits per heavy atom. The predicted octanol–water partition coefficient (Wildman–Crippen LogP) is 3.04. The maximum atomic E-state index is 13.0. The van der Waals surface area contributed by atoms with E-state index in [0.717, 1.165) is 5.69 Å². The first-order valence-electron chi connectivity index (χ1n) is 5.46. The summed E-state index contributed by atoms with van der Waals surface area (Å²) in [5.41, 5.74) is 0.758. The van der Waals surface area contributed by atoms with Gasteiger partial charge >= 0.3 is 0 Å². The van der Waals surface area contributed by atoms with Crippen LogP contribution in [0.1, 0.15) is 13.8 Å². The summed E-state index contributed by atoms with van der Waals surface area (Å²) in [5, 5.41) is 3.29. The fourth-order valence-corrected chi connectivity index (χ4v) is 1.78. The van der Waals surface area contributed by atoms with Gasteiger partial charge in [-0.05, 0) is 32.0 Å². The van der Waals surface area contributed by atoms with Crippen LogP contribution in [0.3, 0.4) is 0 Å². The van der Waals surface area contributed by atoms with Crippen molar-refractivity contribution in [2.75, 3.05) is 18.5 Å². The van der Waals surface area contributed by atoms with Crippen LogP contribution >= 0.6 is 11.6 Å². The lowest BCUT2D eigenvalue weighted by atomic mass is 10.2. The van der Waals surface area contributed by atoms with Gasteiger partial charge in [0.25, 0.3) is 0 Å². The van der Waals surface area contributed by atoms with Gasteiger partial charge in [-0.15, -0.1) is 0 Å². The van der Waals surface area contributed by atoms with Crippen molar-refractivity contribution in [2.24, 2.45) is 0 Å². The molecule has 17 heavy (non-hydrogen) atoms. The molecule has 5 heteroatoms. The normalized spacial score (nSPS) is 20.2. The molecule has 0 atom stereocenters. The van der Waals surface area contributed by atoms with Crippen molar-refractivity contribution in [3.05, 3.63) is 29.0 Å². The first-order valence-corrected chi connectivity index (χ1v) is 5.83. The maximum absolute atomic E-state index is 13.0. The van der Waals surface area contributed by atoms with Crippen LogP contribution in [0.15, 0.2) is 18.2 Å². The monoisotopic (exact) mass is 259 g/mol. The van der Waals surface area contributed by atoms with Crippen LogP contribution in [0, 0.1) is 5.82 Å². The van der Waals surface area contributed by atoms with E-state index in [0.29, 0.717) is 13.2 Å². The Balaban J connectivity index is 1.95. The van der Waals surface area contributed by atoms with Crippen molar-refractivity contribution in [3.63, 3.8) is 0 Å². The highest BCUT2D eigenvalue weighted by Gasteiger charge is 2.28. The molecular formula is C12H15ClFNO2. The minimum Gasteiger partial charge on any atom is -0.378 e. The van der Waals surface area contributed by atoms with Crippen molar-refractivity contribution in [2.45, 2.75) is 25.7 Å². The van der Waals surface area contributed by atoms with Crippen LogP contribution in [0.4, 0.5) is 10.1 Å². The number of rotatable bonds is 2. The number of benzene rings is 1. The molecule has 0 spiro atoms. The number of hydrogen-bond acceptors (Lipinski definition) is 3. The summed E-state index contributed by atoms with van der Waals surface area (Å²) in [7, 11) is 0. The molecule has 1 aromatic rings. The molecule has 1 aliphatic rings. The minimum absolute atomic E-state index is 0.0459. The number of hydrogen-bond donors (Lipinski definition) is 1. The van der Waals surface area contributed by atoms with Crippen LogP contribution < -0.4 is 5.32 Å². The third-order valence-electron chi connectivity index (χ3n) is 2.55. The van der Waals surface area contributed by atoms with Gasteiger partial charge in [-0.1, -0.05) is 11.6 Å². The molecule has 0 saturated carbocycles. The third-order valence-corrected chi connectivity index (χ3v) is 2.84. The van der Waals surface area contributed by atoms with Gasteiger partial charge in [0.2, 0.25) is 0 Å². The molecule has 0 radical (unpaired) electrons. The Hall–Kier alpha value is -0.840. The average molecular weight is 260 g/mol. The molecule has 0 bridgehead atoms. The van der Waals surface area contributed by atoms with Crippen LogP contribution in [0.5, 0.6) is 0 Å². The smallest absolute Gasteiger partial charge is 0.162 e. The summed E-state index contributed by atoms with van der Waals surface area (Å²) in [6.45, 7) is 4.83. The Kier molecular flexibility index (Phi) is 3.56. The first-order chi connectivity index (χ1) is 7.96. The number of ether oxygens (including phenoxy) is 2. The third kappa shape index (κ3) is 3.31. The van der Waals surface area contributed by atoms with Crippen LogP contribution in [-0.4, -0.2) is 25.0 Å². The second kappa shape index (κ2) is 4.80. The summed E-state index contributed by atoms with van der Waals surface area (Å²) in [4.78, 5) is 0. The van der Waals surface area contributed by atoms with E-state index in [1.807, 2.05) is 13.8 Å². The maximum Gasteiger partial charge on any atom is 0.162 e. The predicted molar refractivity (Wildman–Crippen MR) is 64.8 cm³/mol. The van der Waals surface area contributed by atoms with E-state index in [1.165, 1.54) is 6.07 Å². The molecule has 1 saturated heterocycles. The molecule has 2 rings (SSSR count). The van der Waals surface area contributed by atoms with Crippen molar-refractivity contribution < 1.29 is 13.9 Å². The summed E-state index contributed by atoms with van der Waals surface area (Å²) in [6, 6.07) is 4.57. The van der Waals surface area contributed by atoms with Gasteiger partial charge in [0.1, 0.15) is 5.82 Å². The quantitative estimate of drug-likeness (QED) is 0.886. The second-order valence-corrected chi connectivity index (χ2v) is 4.90. The van der Waals surface area contributed by atoms with E-state index in [4.69, 9.17) is 21.1 Å². The molecule has 1 heterocycles. The Labute approximate surface area is 105 Å². The van der Waals surface area contributed by atoms with E-state index < -0.39 is 11.6 Å². The fraction of sp³-hybridized carbons (Fsp3) is 0.500. The molecule has 0 aromatic heterocycles. The molecule has 0 aliphatic carbocycles. The minimum atomic E-state index is -0.529. The second-order valence-electron chi connectivity index (χ2n) is 4.49. The molecular weight excluding hydrogens is 245 g/mol. The zero-order valence-electron chi connectivity index (χ0n) is 9.80. The SMILES string of the molecule is CC1(C)OCC(Nc2ccc(F)c(Cl)c2)CO1. The van der Waals surface area contributed by atoms with Crippen molar-refractivity contribution >= 4 is 17.3 Å². The fourth-order valence-electron chi connectivity index (χ4n) is 1.60. The molecule has 1 fully saturated rings. The van der Waals surface area contributed by atoms with E-state index in [2.05, 4.69) is 5.32 Å². The number of halogens is 2. The summed E-state index contributed by atoms with van der Waals surface area (Å²) < 4.78 is 24.0. The Bertz CT molecular complexity index is 401. The zero-order valence-corrected chi connectivity index (χ0v) is 10.6. The van der Waals surface area contributed by atoms with Crippen molar-refractivity contribution in [1.29, 1.82) is 0 Å². The van der Waals surface area contributed by atoms with Gasteiger partial charge < -0.3 is 14.8 Å². The zero-order chi connectivity index (χ0) is 12.5.